The van der Waals surface area contributed by atoms with Gasteiger partial charge >= 0.3 is 5.97 Å². The molecule has 0 radical (unpaired) electrons. The molecule has 0 spiro atoms. The Labute approximate surface area is 111 Å². The molecule has 1 aromatic rings. The van der Waals surface area contributed by atoms with E-state index in [1.54, 1.807) is 6.07 Å². The minimum atomic E-state index is -1.24. The number of carboxylic acid groups (broad SMARTS) is 1. The average Bonchev–Trinajstić information content (AvgIpc) is 2.31. The number of aliphatic hydroxyl groups is 1. The van der Waals surface area contributed by atoms with E-state index in [9.17, 15) is 14.7 Å². The van der Waals surface area contributed by atoms with Crippen LogP contribution in [0, 0.1) is 0 Å². The predicted octanol–water partition coefficient (Wildman–Crippen LogP) is 0.720. The van der Waals surface area contributed by atoms with Crippen molar-refractivity contribution in [1.29, 1.82) is 0 Å². The molecular formula is C11H12BrNO5. The maximum absolute atomic E-state index is 11.8. The minimum absolute atomic E-state index is 0.0337. The highest BCUT2D eigenvalue weighted by Gasteiger charge is 2.21. The second-order valence-electron chi connectivity index (χ2n) is 3.54. The predicted molar refractivity (Wildman–Crippen MR) is 66.4 cm³/mol. The fraction of sp³-hybridized carbons (Fsp3) is 0.273. The molecule has 0 aliphatic heterocycles. The first-order valence-electron chi connectivity index (χ1n) is 5.08. The van der Waals surface area contributed by atoms with Gasteiger partial charge in [0.25, 0.3) is 5.91 Å². The number of carbonyl (C=O) groups is 2. The van der Waals surface area contributed by atoms with Crippen molar-refractivity contribution < 1.29 is 24.9 Å². The highest BCUT2D eigenvalue weighted by Crippen LogP contribution is 2.21. The number of phenols is 1. The first-order valence-corrected chi connectivity index (χ1v) is 5.88. The molecular weight excluding hydrogens is 306 g/mol. The van der Waals surface area contributed by atoms with Crippen LogP contribution >= 0.6 is 15.9 Å². The number of aromatic hydroxyl groups is 1. The highest BCUT2D eigenvalue weighted by atomic mass is 79.9. The van der Waals surface area contributed by atoms with Crippen LogP contribution in [0.4, 0.5) is 0 Å². The van der Waals surface area contributed by atoms with Gasteiger partial charge in [-0.15, -0.1) is 0 Å². The number of nitrogens with one attached hydrogen (secondary N) is 1. The number of hydrogen-bond acceptors (Lipinski definition) is 4. The van der Waals surface area contributed by atoms with E-state index in [-0.39, 0.29) is 24.3 Å². The number of carboxylic acids is 1. The lowest BCUT2D eigenvalue weighted by Gasteiger charge is -2.13. The molecule has 0 fully saturated rings. The summed E-state index contributed by atoms with van der Waals surface area (Å²) in [4.78, 5) is 22.6. The Balaban J connectivity index is 2.86. The molecule has 4 N–H and O–H groups in total. The maximum atomic E-state index is 11.8. The third-order valence-corrected chi connectivity index (χ3v) is 2.72. The molecule has 1 rings (SSSR count). The van der Waals surface area contributed by atoms with Gasteiger partial charge in [-0.25, -0.2) is 4.79 Å². The lowest BCUT2D eigenvalue weighted by atomic mass is 10.1. The Morgan fingerprint density at radius 1 is 1.39 bits per heavy atom. The van der Waals surface area contributed by atoms with Crippen LogP contribution in [-0.4, -0.2) is 39.8 Å². The topological polar surface area (TPSA) is 107 Å². The zero-order valence-electron chi connectivity index (χ0n) is 9.26. The number of rotatable bonds is 5. The van der Waals surface area contributed by atoms with Crippen molar-refractivity contribution in [3.8, 4) is 5.75 Å². The van der Waals surface area contributed by atoms with E-state index in [0.29, 0.717) is 4.47 Å². The van der Waals surface area contributed by atoms with Crippen molar-refractivity contribution in [3.05, 3.63) is 28.2 Å². The van der Waals surface area contributed by atoms with E-state index in [2.05, 4.69) is 21.2 Å². The van der Waals surface area contributed by atoms with Crippen molar-refractivity contribution in [2.45, 2.75) is 12.5 Å². The summed E-state index contributed by atoms with van der Waals surface area (Å²) in [7, 11) is 0. The Hall–Kier alpha value is -1.60. The smallest absolute Gasteiger partial charge is 0.326 e. The standard InChI is InChI=1S/C11H12BrNO5/c12-6-1-2-9(15)7(5-6)10(16)13-8(3-4-14)11(17)18/h1-2,5,8,14-15H,3-4H2,(H,13,16)(H,17,18)/t8-/m0/s1. The summed E-state index contributed by atoms with van der Waals surface area (Å²) in [6.45, 7) is -0.359. The van der Waals surface area contributed by atoms with Gasteiger partial charge in [-0.1, -0.05) is 15.9 Å². The number of phenolic OH excluding ortho intramolecular Hbond substituents is 1. The zero-order valence-corrected chi connectivity index (χ0v) is 10.8. The quantitative estimate of drug-likeness (QED) is 0.640. The Kier molecular flexibility index (Phi) is 5.11. The summed E-state index contributed by atoms with van der Waals surface area (Å²) >= 11 is 3.14. The number of halogens is 1. The number of carbonyl (C=O) groups excluding carboxylic acids is 1. The van der Waals surface area contributed by atoms with Crippen molar-refractivity contribution in [2.75, 3.05) is 6.61 Å². The van der Waals surface area contributed by atoms with Crippen LogP contribution in [0.15, 0.2) is 22.7 Å². The molecule has 1 amide bonds. The van der Waals surface area contributed by atoms with Crippen molar-refractivity contribution in [1.82, 2.24) is 5.32 Å². The van der Waals surface area contributed by atoms with E-state index in [1.807, 2.05) is 0 Å². The molecule has 98 valence electrons. The summed E-state index contributed by atoms with van der Waals surface area (Å²) < 4.78 is 0.583. The SMILES string of the molecule is O=C(N[C@@H](CCO)C(=O)O)c1cc(Br)ccc1O. The van der Waals surface area contributed by atoms with Gasteiger partial charge in [0.2, 0.25) is 0 Å². The highest BCUT2D eigenvalue weighted by molar-refractivity contribution is 9.10. The van der Waals surface area contributed by atoms with E-state index >= 15 is 0 Å². The molecule has 7 heteroatoms. The monoisotopic (exact) mass is 317 g/mol. The lowest BCUT2D eigenvalue weighted by Crippen LogP contribution is -2.41. The largest absolute Gasteiger partial charge is 0.507 e. The summed E-state index contributed by atoms with van der Waals surface area (Å²) in [5, 5.41) is 29.3. The maximum Gasteiger partial charge on any atom is 0.326 e. The van der Waals surface area contributed by atoms with Crippen molar-refractivity contribution >= 4 is 27.8 Å². The zero-order chi connectivity index (χ0) is 13.7. The van der Waals surface area contributed by atoms with Crippen LogP contribution < -0.4 is 5.32 Å². The van der Waals surface area contributed by atoms with Crippen LogP contribution in [0.2, 0.25) is 0 Å². The number of aliphatic hydroxyl groups excluding tert-OH is 1. The van der Waals surface area contributed by atoms with Crippen LogP contribution in [0.3, 0.4) is 0 Å². The molecule has 0 heterocycles. The normalized spacial score (nSPS) is 11.9. The van der Waals surface area contributed by atoms with E-state index in [4.69, 9.17) is 10.2 Å². The average molecular weight is 318 g/mol. The van der Waals surface area contributed by atoms with Gasteiger partial charge in [0.1, 0.15) is 11.8 Å². The minimum Gasteiger partial charge on any atom is -0.507 e. The Bertz CT molecular complexity index is 463. The third kappa shape index (κ3) is 3.71. The number of benzene rings is 1. The molecule has 0 bridgehead atoms. The van der Waals surface area contributed by atoms with Crippen molar-refractivity contribution in [2.24, 2.45) is 0 Å². The summed E-state index contributed by atoms with van der Waals surface area (Å²) in [6, 6.07) is 3.05. The summed E-state index contributed by atoms with van der Waals surface area (Å²) in [6.07, 6.45) is -0.101. The Morgan fingerprint density at radius 3 is 2.61 bits per heavy atom. The van der Waals surface area contributed by atoms with Gasteiger partial charge in [-0.3, -0.25) is 4.79 Å². The molecule has 0 aromatic heterocycles. The van der Waals surface area contributed by atoms with Gasteiger partial charge in [-0.2, -0.15) is 0 Å². The molecule has 1 atom stereocenters. The van der Waals surface area contributed by atoms with Crippen LogP contribution in [0.1, 0.15) is 16.8 Å². The molecule has 0 aliphatic rings. The first-order chi connectivity index (χ1) is 8.45. The molecule has 18 heavy (non-hydrogen) atoms. The van der Waals surface area contributed by atoms with Crippen LogP contribution in [0.25, 0.3) is 0 Å². The van der Waals surface area contributed by atoms with Gasteiger partial charge in [0, 0.05) is 17.5 Å². The number of hydrogen-bond donors (Lipinski definition) is 4. The van der Waals surface area contributed by atoms with Crippen molar-refractivity contribution in [3.63, 3.8) is 0 Å². The lowest BCUT2D eigenvalue weighted by molar-refractivity contribution is -0.139. The van der Waals surface area contributed by atoms with Gasteiger partial charge in [0.15, 0.2) is 0 Å². The summed E-state index contributed by atoms with van der Waals surface area (Å²) in [5.41, 5.74) is -0.0337. The van der Waals surface area contributed by atoms with E-state index < -0.39 is 17.9 Å². The van der Waals surface area contributed by atoms with E-state index in [0.717, 1.165) is 0 Å². The second-order valence-corrected chi connectivity index (χ2v) is 4.45. The molecule has 6 nitrogen and oxygen atoms in total. The summed E-state index contributed by atoms with van der Waals surface area (Å²) in [5.74, 6) is -2.20. The first kappa shape index (κ1) is 14.5. The van der Waals surface area contributed by atoms with Gasteiger partial charge < -0.3 is 20.6 Å². The van der Waals surface area contributed by atoms with Gasteiger partial charge in [0.05, 0.1) is 5.56 Å². The molecule has 1 aromatic carbocycles. The fourth-order valence-electron chi connectivity index (χ4n) is 1.31. The van der Waals surface area contributed by atoms with Crippen LogP contribution in [-0.2, 0) is 4.79 Å². The Morgan fingerprint density at radius 2 is 2.06 bits per heavy atom. The molecule has 0 saturated carbocycles. The van der Waals surface area contributed by atoms with Gasteiger partial charge in [-0.05, 0) is 18.2 Å². The van der Waals surface area contributed by atoms with E-state index in [1.165, 1.54) is 12.1 Å². The fourth-order valence-corrected chi connectivity index (χ4v) is 1.67. The molecule has 0 aliphatic carbocycles. The molecule has 0 unspecified atom stereocenters. The number of aliphatic carboxylic acids is 1. The third-order valence-electron chi connectivity index (χ3n) is 2.22. The van der Waals surface area contributed by atoms with Crippen LogP contribution in [0.5, 0.6) is 5.75 Å². The molecule has 0 saturated heterocycles. The number of amides is 1. The second kappa shape index (κ2) is 6.36.